The van der Waals surface area contributed by atoms with Gasteiger partial charge in [-0.1, -0.05) is 43.3 Å². The van der Waals surface area contributed by atoms with Gasteiger partial charge in [0.1, 0.15) is 17.2 Å². The second kappa shape index (κ2) is 8.73. The van der Waals surface area contributed by atoms with Crippen LogP contribution in [0.25, 0.3) is 11.3 Å². The molecule has 154 valence electrons. The number of nitrogens with one attached hydrogen (secondary N) is 2. The molecule has 0 bridgehead atoms. The normalized spacial score (nSPS) is 12.6. The first-order valence-corrected chi connectivity index (χ1v) is 9.65. The van der Waals surface area contributed by atoms with Gasteiger partial charge in [-0.25, -0.2) is 14.8 Å². The van der Waals surface area contributed by atoms with E-state index in [4.69, 9.17) is 0 Å². The lowest BCUT2D eigenvalue weighted by Gasteiger charge is -2.24. The summed E-state index contributed by atoms with van der Waals surface area (Å²) in [6.45, 7) is 5.03. The summed E-state index contributed by atoms with van der Waals surface area (Å²) in [7, 11) is 0. The second-order valence-electron chi connectivity index (χ2n) is 7.20. The van der Waals surface area contributed by atoms with Crippen LogP contribution < -0.4 is 10.6 Å². The molecule has 0 spiro atoms. The molecular weight excluding hydrogens is 380 g/mol. The van der Waals surface area contributed by atoms with Crippen molar-refractivity contribution in [2.75, 3.05) is 5.32 Å². The van der Waals surface area contributed by atoms with Crippen molar-refractivity contribution in [3.63, 3.8) is 0 Å². The first kappa shape index (κ1) is 21.0. The van der Waals surface area contributed by atoms with Crippen molar-refractivity contribution in [3.05, 3.63) is 72.1 Å². The van der Waals surface area contributed by atoms with Crippen molar-refractivity contribution in [2.24, 2.45) is 0 Å². The number of nitrogens with zero attached hydrogens (tertiary/aromatic N) is 2. The zero-order valence-corrected chi connectivity index (χ0v) is 17.1. The Bertz CT molecular complexity index is 1070. The highest BCUT2D eigenvalue weighted by molar-refractivity contribution is 5.98. The van der Waals surface area contributed by atoms with Gasteiger partial charge in [0.15, 0.2) is 0 Å². The highest BCUT2D eigenvalue weighted by atomic mass is 16.4. The van der Waals surface area contributed by atoms with Gasteiger partial charge in [-0.3, -0.25) is 4.79 Å². The number of amides is 1. The third-order valence-electron chi connectivity index (χ3n) is 4.87. The van der Waals surface area contributed by atoms with Gasteiger partial charge in [-0.15, -0.1) is 0 Å². The van der Waals surface area contributed by atoms with E-state index in [2.05, 4.69) is 20.6 Å². The monoisotopic (exact) mass is 404 g/mol. The molecule has 1 amide bonds. The van der Waals surface area contributed by atoms with Crippen molar-refractivity contribution >= 4 is 23.4 Å². The number of anilines is 2. The average molecular weight is 404 g/mol. The summed E-state index contributed by atoms with van der Waals surface area (Å²) in [4.78, 5) is 33.0. The lowest BCUT2D eigenvalue weighted by Crippen LogP contribution is -2.51. The predicted octanol–water partition coefficient (Wildman–Crippen LogP) is 4.18. The van der Waals surface area contributed by atoms with E-state index >= 15 is 0 Å². The van der Waals surface area contributed by atoms with Crippen molar-refractivity contribution < 1.29 is 14.7 Å². The van der Waals surface area contributed by atoms with Gasteiger partial charge in [0, 0.05) is 22.9 Å². The number of hydrogen-bond acceptors (Lipinski definition) is 5. The summed E-state index contributed by atoms with van der Waals surface area (Å²) >= 11 is 0. The third-order valence-corrected chi connectivity index (χ3v) is 4.87. The number of aliphatic carboxylic acids is 1. The number of benzene rings is 2. The number of rotatable bonds is 7. The maximum atomic E-state index is 12.6. The minimum absolute atomic E-state index is 0.272. The molecule has 0 aliphatic carbocycles. The number of aryl methyl sites for hydroxylation is 1. The molecule has 3 aromatic rings. The van der Waals surface area contributed by atoms with E-state index in [-0.39, 0.29) is 6.42 Å². The van der Waals surface area contributed by atoms with E-state index in [1.807, 2.05) is 49.4 Å². The first-order valence-electron chi connectivity index (χ1n) is 9.65. The fourth-order valence-corrected chi connectivity index (χ4v) is 2.89. The Kier molecular flexibility index (Phi) is 6.11. The SMILES string of the molecule is CCC(C)(NC(=O)c1cccc(Nc2cc(-c3ccccc3)nc(C)n2)c1)C(=O)O. The van der Waals surface area contributed by atoms with E-state index in [0.717, 1.165) is 11.3 Å². The summed E-state index contributed by atoms with van der Waals surface area (Å²) in [6.07, 6.45) is 0.272. The molecule has 1 atom stereocenters. The summed E-state index contributed by atoms with van der Waals surface area (Å²) in [5, 5.41) is 15.2. The zero-order chi connectivity index (χ0) is 21.7. The largest absolute Gasteiger partial charge is 0.480 e. The molecule has 0 fully saturated rings. The number of carboxylic acids is 1. The van der Waals surface area contributed by atoms with Crippen LogP contribution in [0.2, 0.25) is 0 Å². The van der Waals surface area contributed by atoms with Crippen LogP contribution in [-0.2, 0) is 4.79 Å². The lowest BCUT2D eigenvalue weighted by molar-refractivity contribution is -0.143. The Balaban J connectivity index is 1.83. The molecule has 1 unspecified atom stereocenters. The van der Waals surface area contributed by atoms with Crippen molar-refractivity contribution in [3.8, 4) is 11.3 Å². The zero-order valence-electron chi connectivity index (χ0n) is 17.1. The second-order valence-corrected chi connectivity index (χ2v) is 7.20. The van der Waals surface area contributed by atoms with E-state index < -0.39 is 17.4 Å². The van der Waals surface area contributed by atoms with Crippen LogP contribution in [0, 0.1) is 6.92 Å². The van der Waals surface area contributed by atoms with Crippen molar-refractivity contribution in [1.82, 2.24) is 15.3 Å². The fourth-order valence-electron chi connectivity index (χ4n) is 2.89. The molecule has 0 saturated heterocycles. The molecule has 7 heteroatoms. The van der Waals surface area contributed by atoms with Crippen LogP contribution in [0.3, 0.4) is 0 Å². The minimum atomic E-state index is -1.32. The lowest BCUT2D eigenvalue weighted by atomic mass is 9.98. The molecule has 3 N–H and O–H groups in total. The van der Waals surface area contributed by atoms with E-state index in [1.54, 1.807) is 25.1 Å². The molecule has 7 nitrogen and oxygen atoms in total. The van der Waals surface area contributed by atoms with Crippen LogP contribution in [0.1, 0.15) is 36.5 Å². The van der Waals surface area contributed by atoms with E-state index in [9.17, 15) is 14.7 Å². The van der Waals surface area contributed by atoms with Gasteiger partial charge in [-0.2, -0.15) is 0 Å². The number of carbonyl (C=O) groups is 2. The van der Waals surface area contributed by atoms with Gasteiger partial charge in [-0.05, 0) is 38.5 Å². The summed E-state index contributed by atoms with van der Waals surface area (Å²) < 4.78 is 0. The molecule has 3 rings (SSSR count). The van der Waals surface area contributed by atoms with Gasteiger partial charge < -0.3 is 15.7 Å². The molecular formula is C23H24N4O3. The fraction of sp³-hybridized carbons (Fsp3) is 0.217. The summed E-state index contributed by atoms with van der Waals surface area (Å²) in [5.41, 5.74) is 1.46. The van der Waals surface area contributed by atoms with E-state index in [0.29, 0.717) is 22.9 Å². The van der Waals surface area contributed by atoms with Crippen LogP contribution in [0.5, 0.6) is 0 Å². The predicted molar refractivity (Wildman–Crippen MR) is 116 cm³/mol. The number of hydrogen-bond donors (Lipinski definition) is 3. The molecule has 1 heterocycles. The smallest absolute Gasteiger partial charge is 0.329 e. The molecule has 1 aromatic heterocycles. The van der Waals surface area contributed by atoms with Gasteiger partial charge in [0.25, 0.3) is 5.91 Å². The maximum Gasteiger partial charge on any atom is 0.329 e. The highest BCUT2D eigenvalue weighted by Gasteiger charge is 2.33. The molecule has 0 aliphatic rings. The molecule has 30 heavy (non-hydrogen) atoms. The van der Waals surface area contributed by atoms with Crippen LogP contribution in [-0.4, -0.2) is 32.5 Å². The molecule has 0 aliphatic heterocycles. The summed E-state index contributed by atoms with van der Waals surface area (Å²) in [6, 6.07) is 18.5. The van der Waals surface area contributed by atoms with Crippen LogP contribution in [0.4, 0.5) is 11.5 Å². The Labute approximate surface area is 175 Å². The van der Waals surface area contributed by atoms with Gasteiger partial charge >= 0.3 is 5.97 Å². The maximum absolute atomic E-state index is 12.6. The van der Waals surface area contributed by atoms with Crippen LogP contribution in [0.15, 0.2) is 60.7 Å². The number of carbonyl (C=O) groups excluding carboxylic acids is 1. The Morgan fingerprint density at radius 3 is 2.43 bits per heavy atom. The van der Waals surface area contributed by atoms with Gasteiger partial charge in [0.2, 0.25) is 0 Å². The molecule has 0 radical (unpaired) electrons. The standard InChI is InChI=1S/C23H24N4O3/c1-4-23(3,22(29)30)27-21(28)17-11-8-12-18(13-17)26-20-14-19(24-15(2)25-20)16-9-6-5-7-10-16/h5-14H,4H2,1-3H3,(H,27,28)(H,29,30)(H,24,25,26). The van der Waals surface area contributed by atoms with E-state index in [1.165, 1.54) is 6.92 Å². The summed E-state index contributed by atoms with van der Waals surface area (Å²) in [5.74, 6) is -0.303. The number of carboxylic acid groups (broad SMARTS) is 1. The Morgan fingerprint density at radius 2 is 1.77 bits per heavy atom. The van der Waals surface area contributed by atoms with Crippen LogP contribution >= 0.6 is 0 Å². The first-order chi connectivity index (χ1) is 14.3. The Morgan fingerprint density at radius 1 is 1.03 bits per heavy atom. The van der Waals surface area contributed by atoms with Crippen molar-refractivity contribution in [2.45, 2.75) is 32.7 Å². The number of aromatic nitrogens is 2. The van der Waals surface area contributed by atoms with Gasteiger partial charge in [0.05, 0.1) is 5.69 Å². The minimum Gasteiger partial charge on any atom is -0.480 e. The van der Waals surface area contributed by atoms with Crippen molar-refractivity contribution in [1.29, 1.82) is 0 Å². The topological polar surface area (TPSA) is 104 Å². The quantitative estimate of drug-likeness (QED) is 0.546. The molecule has 2 aromatic carbocycles. The average Bonchev–Trinajstić information content (AvgIpc) is 2.74. The molecule has 0 saturated carbocycles. The third kappa shape index (κ3) is 4.81. The highest BCUT2D eigenvalue weighted by Crippen LogP contribution is 2.23. The Hall–Kier alpha value is -3.74.